The van der Waals surface area contributed by atoms with Gasteiger partial charge in [0.15, 0.2) is 5.82 Å². The molecule has 1 aromatic heterocycles. The van der Waals surface area contributed by atoms with Gasteiger partial charge in [0.25, 0.3) is 0 Å². The highest BCUT2D eigenvalue weighted by molar-refractivity contribution is 7.80. The van der Waals surface area contributed by atoms with Crippen molar-refractivity contribution < 1.29 is 13.2 Å². The van der Waals surface area contributed by atoms with Gasteiger partial charge in [0, 0.05) is 6.54 Å². The van der Waals surface area contributed by atoms with Gasteiger partial charge in [-0.25, -0.2) is 0 Å². The lowest BCUT2D eigenvalue weighted by molar-refractivity contribution is -0.131. The van der Waals surface area contributed by atoms with E-state index in [1.807, 2.05) is 0 Å². The molecular formula is C8H9F3N4S. The first kappa shape index (κ1) is 12.6. The van der Waals surface area contributed by atoms with Crippen LogP contribution >= 0.6 is 12.2 Å². The van der Waals surface area contributed by atoms with Gasteiger partial charge in [-0.05, 0) is 6.07 Å². The van der Waals surface area contributed by atoms with Crippen molar-refractivity contribution in [2.45, 2.75) is 12.6 Å². The number of alkyl halides is 3. The Kier molecular flexibility index (Phi) is 3.99. The van der Waals surface area contributed by atoms with E-state index in [-0.39, 0.29) is 17.4 Å². The van der Waals surface area contributed by atoms with Crippen LogP contribution in [0, 0.1) is 0 Å². The SMILES string of the molecule is NC(=S)c1ccnnc1NCCC(F)(F)F. The highest BCUT2D eigenvalue weighted by atomic mass is 32.1. The molecule has 3 N–H and O–H groups in total. The molecule has 0 saturated carbocycles. The van der Waals surface area contributed by atoms with Gasteiger partial charge >= 0.3 is 6.18 Å². The molecule has 0 amide bonds. The van der Waals surface area contributed by atoms with Gasteiger partial charge in [0.2, 0.25) is 0 Å². The number of nitrogens with two attached hydrogens (primary N) is 1. The fourth-order valence-corrected chi connectivity index (χ4v) is 1.15. The average Bonchev–Trinajstić information content (AvgIpc) is 2.16. The van der Waals surface area contributed by atoms with Gasteiger partial charge in [0.1, 0.15) is 4.99 Å². The van der Waals surface area contributed by atoms with Gasteiger partial charge in [-0.3, -0.25) is 0 Å². The molecule has 88 valence electrons. The summed E-state index contributed by atoms with van der Waals surface area (Å²) in [6.07, 6.45) is -3.80. The molecule has 0 radical (unpaired) electrons. The predicted octanol–water partition coefficient (Wildman–Crippen LogP) is 1.48. The molecule has 0 unspecified atom stereocenters. The number of nitrogens with zero attached hydrogens (tertiary/aromatic N) is 2. The monoisotopic (exact) mass is 250 g/mol. The summed E-state index contributed by atoms with van der Waals surface area (Å²) < 4.78 is 35.7. The molecule has 4 nitrogen and oxygen atoms in total. The molecule has 0 aliphatic rings. The number of thiocarbonyl (C=S) groups is 1. The molecule has 0 aliphatic carbocycles. The topological polar surface area (TPSA) is 63.8 Å². The first-order valence-corrected chi connectivity index (χ1v) is 4.73. The number of aromatic nitrogens is 2. The Morgan fingerprint density at radius 2 is 2.19 bits per heavy atom. The van der Waals surface area contributed by atoms with Crippen LogP contribution in [0.25, 0.3) is 0 Å². The molecule has 0 saturated heterocycles. The minimum Gasteiger partial charge on any atom is -0.389 e. The first-order valence-electron chi connectivity index (χ1n) is 4.32. The quantitative estimate of drug-likeness (QED) is 0.792. The molecule has 0 aliphatic heterocycles. The average molecular weight is 250 g/mol. The maximum atomic E-state index is 11.9. The highest BCUT2D eigenvalue weighted by Crippen LogP contribution is 2.19. The van der Waals surface area contributed by atoms with Crippen molar-refractivity contribution in [1.29, 1.82) is 0 Å². The second-order valence-corrected chi connectivity index (χ2v) is 3.39. The summed E-state index contributed by atoms with van der Waals surface area (Å²) in [5.41, 5.74) is 5.76. The third-order valence-corrected chi connectivity index (χ3v) is 1.91. The van der Waals surface area contributed by atoms with Crippen LogP contribution in [0.3, 0.4) is 0 Å². The minimum absolute atomic E-state index is 0.0596. The Labute approximate surface area is 95.0 Å². The summed E-state index contributed by atoms with van der Waals surface area (Å²) in [4.78, 5) is 0.0596. The molecule has 0 aromatic carbocycles. The van der Waals surface area contributed by atoms with Gasteiger partial charge in [-0.2, -0.15) is 18.3 Å². The van der Waals surface area contributed by atoms with E-state index in [0.29, 0.717) is 5.56 Å². The Morgan fingerprint density at radius 3 is 2.75 bits per heavy atom. The predicted molar refractivity (Wildman–Crippen MR) is 57.1 cm³/mol. The lowest BCUT2D eigenvalue weighted by Gasteiger charge is -2.10. The first-order chi connectivity index (χ1) is 7.40. The normalized spacial score (nSPS) is 11.2. The zero-order chi connectivity index (χ0) is 12.2. The number of rotatable bonds is 4. The summed E-state index contributed by atoms with van der Waals surface area (Å²) in [5.74, 6) is 0.166. The van der Waals surface area contributed by atoms with E-state index in [4.69, 9.17) is 18.0 Å². The zero-order valence-electron chi connectivity index (χ0n) is 8.08. The van der Waals surface area contributed by atoms with Crippen LogP contribution in [0.5, 0.6) is 0 Å². The molecular weight excluding hydrogens is 241 g/mol. The smallest absolute Gasteiger partial charge is 0.389 e. The molecule has 1 rings (SSSR count). The van der Waals surface area contributed by atoms with Crippen molar-refractivity contribution in [3.8, 4) is 0 Å². The van der Waals surface area contributed by atoms with Gasteiger partial charge < -0.3 is 11.1 Å². The summed E-state index contributed by atoms with van der Waals surface area (Å²) in [6, 6.07) is 1.49. The van der Waals surface area contributed by atoms with Gasteiger partial charge in [-0.15, -0.1) is 5.10 Å². The third kappa shape index (κ3) is 3.97. The Balaban J connectivity index is 2.64. The molecule has 1 heterocycles. The Hall–Kier alpha value is -1.44. The largest absolute Gasteiger partial charge is 0.390 e. The van der Waals surface area contributed by atoms with Crippen molar-refractivity contribution in [3.63, 3.8) is 0 Å². The second-order valence-electron chi connectivity index (χ2n) is 2.95. The number of hydrogen-bond acceptors (Lipinski definition) is 4. The molecule has 0 spiro atoms. The van der Waals surface area contributed by atoms with Gasteiger partial charge in [-0.1, -0.05) is 12.2 Å². The van der Waals surface area contributed by atoms with Crippen LogP contribution in [0.15, 0.2) is 12.3 Å². The van der Waals surface area contributed by atoms with Gasteiger partial charge in [0.05, 0.1) is 18.2 Å². The van der Waals surface area contributed by atoms with Crippen LogP contribution in [0.4, 0.5) is 19.0 Å². The van der Waals surface area contributed by atoms with E-state index in [9.17, 15) is 13.2 Å². The third-order valence-electron chi connectivity index (χ3n) is 1.69. The molecule has 0 bridgehead atoms. The summed E-state index contributed by atoms with van der Waals surface area (Å²) in [5, 5.41) is 9.65. The van der Waals surface area contributed by atoms with Crippen LogP contribution < -0.4 is 11.1 Å². The number of hydrogen-bond donors (Lipinski definition) is 2. The molecule has 16 heavy (non-hydrogen) atoms. The van der Waals surface area contributed by atoms with Crippen LogP contribution in [-0.4, -0.2) is 27.9 Å². The Bertz CT molecular complexity index is 380. The maximum Gasteiger partial charge on any atom is 0.390 e. The summed E-state index contributed by atoms with van der Waals surface area (Å²) in [7, 11) is 0. The van der Waals surface area contributed by atoms with E-state index < -0.39 is 12.6 Å². The van der Waals surface area contributed by atoms with E-state index in [2.05, 4.69) is 15.5 Å². The maximum absolute atomic E-state index is 11.9. The van der Waals surface area contributed by atoms with E-state index in [1.165, 1.54) is 12.3 Å². The number of anilines is 1. The standard InChI is InChI=1S/C8H9F3N4S/c9-8(10,11)2-4-13-7-5(6(12)16)1-3-14-15-7/h1,3H,2,4H2,(H2,12,16)(H,13,15). The number of nitrogens with one attached hydrogen (secondary N) is 1. The van der Waals surface area contributed by atoms with Crippen LogP contribution in [0.2, 0.25) is 0 Å². The van der Waals surface area contributed by atoms with Crippen molar-refractivity contribution >= 4 is 23.0 Å². The molecule has 8 heteroatoms. The molecule has 0 atom stereocenters. The number of halogens is 3. The van der Waals surface area contributed by atoms with Crippen molar-refractivity contribution in [2.75, 3.05) is 11.9 Å². The van der Waals surface area contributed by atoms with Crippen LogP contribution in [-0.2, 0) is 0 Å². The van der Waals surface area contributed by atoms with E-state index >= 15 is 0 Å². The Morgan fingerprint density at radius 1 is 1.50 bits per heavy atom. The van der Waals surface area contributed by atoms with E-state index in [0.717, 1.165) is 0 Å². The molecule has 0 fully saturated rings. The zero-order valence-corrected chi connectivity index (χ0v) is 8.90. The van der Waals surface area contributed by atoms with Crippen molar-refractivity contribution in [3.05, 3.63) is 17.8 Å². The molecule has 1 aromatic rings. The lowest BCUT2D eigenvalue weighted by atomic mass is 10.3. The fourth-order valence-electron chi connectivity index (χ4n) is 0.984. The van der Waals surface area contributed by atoms with Crippen molar-refractivity contribution in [1.82, 2.24) is 10.2 Å². The van der Waals surface area contributed by atoms with E-state index in [1.54, 1.807) is 0 Å². The lowest BCUT2D eigenvalue weighted by Crippen LogP contribution is -2.19. The minimum atomic E-state index is -4.21. The fraction of sp³-hybridized carbons (Fsp3) is 0.375. The van der Waals surface area contributed by atoms with Crippen LogP contribution in [0.1, 0.15) is 12.0 Å². The summed E-state index contributed by atoms with van der Waals surface area (Å²) >= 11 is 4.72. The summed E-state index contributed by atoms with van der Waals surface area (Å²) in [6.45, 7) is -0.294. The van der Waals surface area contributed by atoms with Crippen molar-refractivity contribution in [2.24, 2.45) is 5.73 Å². The second kappa shape index (κ2) is 5.06. The highest BCUT2D eigenvalue weighted by Gasteiger charge is 2.26.